The summed E-state index contributed by atoms with van der Waals surface area (Å²) in [6, 6.07) is 21.0. The van der Waals surface area contributed by atoms with Crippen LogP contribution in [0.2, 0.25) is 15.1 Å². The Kier molecular flexibility index (Phi) is 16.4. The Morgan fingerprint density at radius 2 is 1.02 bits per heavy atom. The largest absolute Gasteiger partial charge is 0.476 e. The fourth-order valence-electron chi connectivity index (χ4n) is 5.47. The number of aromatic nitrogens is 3. The van der Waals surface area contributed by atoms with Crippen molar-refractivity contribution in [3.05, 3.63) is 109 Å². The van der Waals surface area contributed by atoms with Crippen LogP contribution in [0, 0.1) is 0 Å². The molecule has 2 aliphatic heterocycles. The van der Waals surface area contributed by atoms with Crippen molar-refractivity contribution in [3.8, 4) is 22.4 Å². The van der Waals surface area contributed by atoms with Gasteiger partial charge < -0.3 is 14.6 Å². The van der Waals surface area contributed by atoms with Crippen molar-refractivity contribution in [2.75, 3.05) is 52.6 Å². The average molecular weight is 1080 g/mol. The van der Waals surface area contributed by atoms with Crippen LogP contribution in [-0.4, -0.2) is 113 Å². The summed E-state index contributed by atoms with van der Waals surface area (Å²) in [7, 11) is -5.92. The van der Waals surface area contributed by atoms with Crippen LogP contribution in [0.25, 0.3) is 22.4 Å². The minimum atomic E-state index is -3.75. The highest BCUT2D eigenvalue weighted by Crippen LogP contribution is 2.33. The molecule has 3 heterocycles. The van der Waals surface area contributed by atoms with Gasteiger partial charge in [0.15, 0.2) is 5.69 Å². The maximum absolute atomic E-state index is 13.0. The zero-order valence-corrected chi connectivity index (χ0v) is 38.7. The fourth-order valence-corrected chi connectivity index (χ4v) is 11.8. The molecule has 1 aromatic heterocycles. The lowest BCUT2D eigenvalue weighted by Crippen LogP contribution is -2.40. The van der Waals surface area contributed by atoms with Gasteiger partial charge in [-0.3, -0.25) is 0 Å². The fraction of sp³-hybridized carbons (Fsp3) is 0.229. The van der Waals surface area contributed by atoms with Gasteiger partial charge in [-0.1, -0.05) is 97.0 Å². The number of hydrogen-bond acceptors (Lipinski definition) is 11. The summed E-state index contributed by atoms with van der Waals surface area (Å²) < 4.78 is 86.8. The van der Waals surface area contributed by atoms with Crippen LogP contribution in [-0.2, 0) is 38.6 Å². The Morgan fingerprint density at radius 3 is 1.47 bits per heavy atom. The van der Waals surface area contributed by atoms with E-state index in [2.05, 4.69) is 47.3 Å². The number of benzene rings is 4. The lowest BCUT2D eigenvalue weighted by atomic mass is 10.0. The normalized spacial score (nSPS) is 15.4. The molecule has 0 aliphatic carbocycles. The molecule has 7 rings (SSSR count). The van der Waals surface area contributed by atoms with Gasteiger partial charge in [-0.2, -0.15) is 18.9 Å². The number of aromatic carboxylic acids is 1. The molecule has 0 spiro atoms. The molecule has 0 atom stereocenters. The zero-order chi connectivity index (χ0) is 43.1. The second-order valence-corrected chi connectivity index (χ2v) is 21.6. The van der Waals surface area contributed by atoms with Crippen LogP contribution in [0.15, 0.2) is 102 Å². The van der Waals surface area contributed by atoms with Crippen molar-refractivity contribution in [2.24, 2.45) is 0 Å². The van der Waals surface area contributed by atoms with Gasteiger partial charge in [-0.15, -0.1) is 5.10 Å². The van der Waals surface area contributed by atoms with Crippen LogP contribution < -0.4 is 0 Å². The molecule has 2 N–H and O–H groups in total. The third-order valence-electron chi connectivity index (χ3n) is 8.40. The number of morpholine rings is 2. The summed E-state index contributed by atoms with van der Waals surface area (Å²) in [5, 5.41) is 19.5. The third-order valence-corrected chi connectivity index (χ3v) is 15.9. The molecular formula is C35H31Br2Cl4N5O10S3. The summed E-state index contributed by atoms with van der Waals surface area (Å²) in [4.78, 5) is 11.3. The number of carboxylic acids is 1. The van der Waals surface area contributed by atoms with Gasteiger partial charge in [0.1, 0.15) is 20.4 Å². The first-order valence-corrected chi connectivity index (χ1v) is 24.8. The van der Waals surface area contributed by atoms with Gasteiger partial charge in [0.25, 0.3) is 9.05 Å². The molecular weight excluding hydrogens is 1050 g/mol. The lowest BCUT2D eigenvalue weighted by Gasteiger charge is -2.26. The number of carboxylic acid groups (broad SMARTS) is 1. The molecule has 2 fully saturated rings. The molecule has 316 valence electrons. The molecule has 0 amide bonds. The predicted octanol–water partition coefficient (Wildman–Crippen LogP) is 7.66. The molecule has 0 saturated carbocycles. The molecule has 2 saturated heterocycles. The van der Waals surface area contributed by atoms with Crippen LogP contribution in [0.5, 0.6) is 0 Å². The SMILES string of the molecule is O=C(O)c1n[nH]nc1-c1ccc(-c2ccc(Cl)c(S(=O)(=O)N3CCOCC3)c2)cc1.O=S(=O)(Cl)c1cc(Br)ccc1Cl.O=S(=O)(c1cc(Br)ccc1Cl)N1CCOCC1. The van der Waals surface area contributed by atoms with E-state index in [9.17, 15) is 35.2 Å². The molecule has 24 heteroatoms. The quantitative estimate of drug-likeness (QED) is 0.144. The summed E-state index contributed by atoms with van der Waals surface area (Å²) in [6.45, 7) is 2.82. The van der Waals surface area contributed by atoms with Crippen LogP contribution in [0.1, 0.15) is 10.5 Å². The van der Waals surface area contributed by atoms with Crippen molar-refractivity contribution in [1.82, 2.24) is 24.0 Å². The molecule has 0 radical (unpaired) electrons. The minimum Gasteiger partial charge on any atom is -0.476 e. The maximum atomic E-state index is 13.0. The van der Waals surface area contributed by atoms with Gasteiger partial charge >= 0.3 is 5.97 Å². The standard InChI is InChI=1S/C19H17ClN4O5S.C10H11BrClNO3S.C6H3BrCl2O2S/c20-15-6-5-14(11-16(15)30(27,28)24-7-9-29-10-8-24)12-1-3-13(4-2-12)17-18(19(25)26)22-23-21-17;11-8-1-2-9(12)10(7-8)17(14,15)13-3-5-16-6-4-13;7-4-1-2-5(8)6(3-4)12(9,10)11/h1-6,11H,7-10H2,(H,25,26)(H,21,22,23);1-2,7H,3-6H2;1-3H. The first-order chi connectivity index (χ1) is 27.8. The second kappa shape index (κ2) is 20.4. The molecule has 4 aromatic carbocycles. The van der Waals surface area contributed by atoms with Gasteiger partial charge in [0.05, 0.1) is 41.5 Å². The summed E-state index contributed by atoms with van der Waals surface area (Å²) in [5.41, 5.74) is 2.03. The number of sulfonamides is 2. The van der Waals surface area contributed by atoms with Crippen LogP contribution in [0.3, 0.4) is 0 Å². The smallest absolute Gasteiger partial charge is 0.358 e. The van der Waals surface area contributed by atoms with Crippen LogP contribution >= 0.6 is 77.3 Å². The number of nitrogens with zero attached hydrogens (tertiary/aromatic N) is 4. The Bertz CT molecular complexity index is 2650. The lowest BCUT2D eigenvalue weighted by molar-refractivity contribution is 0.0691. The van der Waals surface area contributed by atoms with Crippen LogP contribution in [0.4, 0.5) is 0 Å². The van der Waals surface area contributed by atoms with E-state index < -0.39 is 35.1 Å². The van der Waals surface area contributed by atoms with E-state index in [1.165, 1.54) is 26.8 Å². The monoisotopic (exact) mass is 1070 g/mol. The predicted molar refractivity (Wildman–Crippen MR) is 230 cm³/mol. The van der Waals surface area contributed by atoms with Gasteiger partial charge in [0.2, 0.25) is 20.0 Å². The van der Waals surface area contributed by atoms with Crippen molar-refractivity contribution < 1.29 is 44.6 Å². The highest BCUT2D eigenvalue weighted by Gasteiger charge is 2.30. The van der Waals surface area contributed by atoms with Gasteiger partial charge in [0, 0.05) is 51.4 Å². The molecule has 59 heavy (non-hydrogen) atoms. The first-order valence-electron chi connectivity index (χ1n) is 16.9. The Labute approximate surface area is 376 Å². The molecule has 0 unspecified atom stereocenters. The number of ether oxygens (including phenoxy) is 2. The number of carbonyl (C=O) groups is 1. The van der Waals surface area contributed by atoms with Crippen molar-refractivity contribution >= 4 is 112 Å². The van der Waals surface area contributed by atoms with Crippen molar-refractivity contribution in [1.29, 1.82) is 0 Å². The van der Waals surface area contributed by atoms with E-state index in [0.717, 1.165) is 5.56 Å². The van der Waals surface area contributed by atoms with Crippen molar-refractivity contribution in [3.63, 3.8) is 0 Å². The van der Waals surface area contributed by atoms with E-state index in [4.69, 9.17) is 55.0 Å². The first kappa shape index (κ1) is 47.4. The molecule has 2 aliphatic rings. The number of nitrogens with one attached hydrogen (secondary N) is 1. The highest BCUT2D eigenvalue weighted by molar-refractivity contribution is 9.10. The minimum absolute atomic E-state index is 0.0392. The van der Waals surface area contributed by atoms with Gasteiger partial charge in [-0.25, -0.2) is 30.0 Å². The van der Waals surface area contributed by atoms with Crippen molar-refractivity contribution in [2.45, 2.75) is 14.7 Å². The molecule has 15 nitrogen and oxygen atoms in total. The Hall–Kier alpha value is -2.70. The maximum Gasteiger partial charge on any atom is 0.358 e. The zero-order valence-electron chi connectivity index (χ0n) is 30.1. The van der Waals surface area contributed by atoms with Gasteiger partial charge in [-0.05, 0) is 59.7 Å². The summed E-state index contributed by atoms with van der Waals surface area (Å²) in [5.74, 6) is -1.18. The molecule has 0 bridgehead atoms. The number of hydrogen-bond donors (Lipinski definition) is 2. The third kappa shape index (κ3) is 12.0. The topological polar surface area (TPSA) is 206 Å². The van der Waals surface area contributed by atoms with E-state index in [1.807, 2.05) is 0 Å². The number of H-pyrrole nitrogens is 1. The Balaban J connectivity index is 0.000000191. The summed E-state index contributed by atoms with van der Waals surface area (Å²) >= 11 is 24.1. The number of halogens is 6. The van der Waals surface area contributed by atoms with E-state index in [-0.39, 0.29) is 54.2 Å². The Morgan fingerprint density at radius 1 is 0.610 bits per heavy atom. The van der Waals surface area contributed by atoms with E-state index in [1.54, 1.807) is 60.7 Å². The van der Waals surface area contributed by atoms with E-state index >= 15 is 0 Å². The number of rotatable bonds is 8. The van der Waals surface area contributed by atoms with E-state index in [0.29, 0.717) is 59.6 Å². The highest BCUT2D eigenvalue weighted by atomic mass is 79.9. The number of aromatic amines is 1. The molecule has 5 aromatic rings. The second-order valence-electron chi connectivity index (χ2n) is 12.2. The average Bonchev–Trinajstić information content (AvgIpc) is 3.72. The summed E-state index contributed by atoms with van der Waals surface area (Å²) in [6.07, 6.45) is 0.